The summed E-state index contributed by atoms with van der Waals surface area (Å²) in [7, 11) is -1.58. The molecule has 5 rings (SSSR count). The van der Waals surface area contributed by atoms with Crippen molar-refractivity contribution in [2.75, 3.05) is 25.2 Å². The summed E-state index contributed by atoms with van der Waals surface area (Å²) in [5.74, 6) is 1.43. The average molecular weight is 430 g/mol. The highest BCUT2D eigenvalue weighted by Gasteiger charge is 2.28. The van der Waals surface area contributed by atoms with E-state index < -0.39 is 10.0 Å². The third kappa shape index (κ3) is 3.17. The van der Waals surface area contributed by atoms with Crippen LogP contribution in [-0.4, -0.2) is 48.8 Å². The summed E-state index contributed by atoms with van der Waals surface area (Å²) in [6.45, 7) is 1.51. The SMILES string of the molecule is COc1cc2c(cc1Nc1ncnc3sc4c(c13)CCN(S(C)(=O)=O)C4)C=NC2. The molecule has 8 nitrogen and oxygen atoms in total. The van der Waals surface area contributed by atoms with E-state index in [2.05, 4.69) is 20.3 Å². The number of hydrogen-bond acceptors (Lipinski definition) is 8. The van der Waals surface area contributed by atoms with Gasteiger partial charge in [0.15, 0.2) is 0 Å². The zero-order valence-electron chi connectivity index (χ0n) is 16.0. The number of ether oxygens (including phenoxy) is 1. The number of rotatable bonds is 4. The van der Waals surface area contributed by atoms with Crippen LogP contribution in [0.2, 0.25) is 0 Å². The van der Waals surface area contributed by atoms with E-state index >= 15 is 0 Å². The van der Waals surface area contributed by atoms with Crippen LogP contribution in [0, 0.1) is 0 Å². The van der Waals surface area contributed by atoms with Crippen LogP contribution in [-0.2, 0) is 29.5 Å². The molecule has 0 fully saturated rings. The summed E-state index contributed by atoms with van der Waals surface area (Å²) in [6, 6.07) is 4.01. The van der Waals surface area contributed by atoms with Crippen LogP contribution in [0.25, 0.3) is 10.2 Å². The topological polar surface area (TPSA) is 96.8 Å². The minimum absolute atomic E-state index is 0.382. The van der Waals surface area contributed by atoms with E-state index in [9.17, 15) is 8.42 Å². The van der Waals surface area contributed by atoms with Crippen molar-refractivity contribution in [3.63, 3.8) is 0 Å². The molecule has 0 spiro atoms. The van der Waals surface area contributed by atoms with Gasteiger partial charge < -0.3 is 10.1 Å². The van der Waals surface area contributed by atoms with Gasteiger partial charge in [0, 0.05) is 24.2 Å². The molecule has 150 valence electrons. The first-order chi connectivity index (χ1) is 13.9. The standard InChI is InChI=1S/C19H19N5O3S2/c1-27-15-6-12-8-20-7-11(12)5-14(15)23-18-17-13-3-4-24(29(2,25)26)9-16(13)28-19(17)22-10-21-18/h5-7,10H,3-4,8-9H2,1-2H3,(H,21,22,23). The van der Waals surface area contributed by atoms with Crippen molar-refractivity contribution < 1.29 is 13.2 Å². The molecule has 0 amide bonds. The minimum atomic E-state index is -3.22. The first kappa shape index (κ1) is 18.5. The van der Waals surface area contributed by atoms with Crippen molar-refractivity contribution in [2.24, 2.45) is 4.99 Å². The van der Waals surface area contributed by atoms with Gasteiger partial charge in [0.05, 0.1) is 31.0 Å². The molecule has 0 bridgehead atoms. The van der Waals surface area contributed by atoms with Gasteiger partial charge in [-0.05, 0) is 35.2 Å². The maximum atomic E-state index is 11.9. The Kier molecular flexibility index (Phi) is 4.30. The van der Waals surface area contributed by atoms with Crippen LogP contribution >= 0.6 is 11.3 Å². The van der Waals surface area contributed by atoms with Crippen molar-refractivity contribution in [3.8, 4) is 5.75 Å². The Labute approximate surface area is 172 Å². The highest BCUT2D eigenvalue weighted by atomic mass is 32.2. The molecule has 0 aliphatic carbocycles. The Hall–Kier alpha value is -2.56. The van der Waals surface area contributed by atoms with E-state index in [4.69, 9.17) is 4.74 Å². The molecule has 1 aromatic carbocycles. The molecule has 2 aromatic heterocycles. The molecule has 10 heteroatoms. The largest absolute Gasteiger partial charge is 0.495 e. The van der Waals surface area contributed by atoms with E-state index in [1.165, 1.54) is 28.2 Å². The number of aromatic nitrogens is 2. The lowest BCUT2D eigenvalue weighted by atomic mass is 10.1. The summed E-state index contributed by atoms with van der Waals surface area (Å²) in [4.78, 5) is 15.1. The minimum Gasteiger partial charge on any atom is -0.495 e. The summed E-state index contributed by atoms with van der Waals surface area (Å²) < 4.78 is 31.0. The van der Waals surface area contributed by atoms with Gasteiger partial charge >= 0.3 is 0 Å². The lowest BCUT2D eigenvalue weighted by molar-refractivity contribution is 0.400. The van der Waals surface area contributed by atoms with Gasteiger partial charge in [-0.3, -0.25) is 4.99 Å². The van der Waals surface area contributed by atoms with Crippen molar-refractivity contribution >= 4 is 49.3 Å². The number of nitrogens with one attached hydrogen (secondary N) is 1. The molecular formula is C19H19N5O3S2. The number of hydrogen-bond donors (Lipinski definition) is 1. The molecule has 2 aliphatic heterocycles. The highest BCUT2D eigenvalue weighted by Crippen LogP contribution is 2.40. The van der Waals surface area contributed by atoms with Crippen LogP contribution in [0.4, 0.5) is 11.5 Å². The Morgan fingerprint density at radius 2 is 2.14 bits per heavy atom. The molecular weight excluding hydrogens is 410 g/mol. The summed E-state index contributed by atoms with van der Waals surface area (Å²) in [5.41, 5.74) is 4.13. The monoisotopic (exact) mass is 429 g/mol. The normalized spacial score (nSPS) is 16.1. The zero-order valence-corrected chi connectivity index (χ0v) is 17.6. The number of thiophene rings is 1. The maximum absolute atomic E-state index is 11.9. The molecule has 0 radical (unpaired) electrons. The molecule has 3 aromatic rings. The summed E-state index contributed by atoms with van der Waals surface area (Å²) in [5, 5.41) is 4.37. The van der Waals surface area contributed by atoms with E-state index in [0.29, 0.717) is 31.9 Å². The Balaban J connectivity index is 1.58. The maximum Gasteiger partial charge on any atom is 0.211 e. The fourth-order valence-corrected chi connectivity index (χ4v) is 5.89. The van der Waals surface area contributed by atoms with Crippen molar-refractivity contribution in [3.05, 3.63) is 40.0 Å². The predicted octanol–water partition coefficient (Wildman–Crippen LogP) is 2.69. The number of methoxy groups -OCH3 is 1. The molecule has 2 aliphatic rings. The van der Waals surface area contributed by atoms with Gasteiger partial charge in [0.25, 0.3) is 0 Å². The quantitative estimate of drug-likeness (QED) is 0.685. The smallest absolute Gasteiger partial charge is 0.211 e. The van der Waals surface area contributed by atoms with Crippen molar-refractivity contribution in [1.29, 1.82) is 0 Å². The number of sulfonamides is 1. The first-order valence-corrected chi connectivity index (χ1v) is 11.8. The first-order valence-electron chi connectivity index (χ1n) is 9.12. The number of aliphatic imine (C=N–C) groups is 1. The van der Waals surface area contributed by atoms with Crippen LogP contribution in [0.5, 0.6) is 5.75 Å². The van der Waals surface area contributed by atoms with E-state index in [-0.39, 0.29) is 0 Å². The second-order valence-corrected chi connectivity index (χ2v) is 10.2. The van der Waals surface area contributed by atoms with Crippen LogP contribution in [0.15, 0.2) is 23.5 Å². The van der Waals surface area contributed by atoms with Gasteiger partial charge in [-0.1, -0.05) is 0 Å². The van der Waals surface area contributed by atoms with E-state index in [1.807, 2.05) is 18.3 Å². The molecule has 0 saturated heterocycles. The summed E-state index contributed by atoms with van der Waals surface area (Å²) >= 11 is 1.52. The average Bonchev–Trinajstić information content (AvgIpc) is 3.30. The fourth-order valence-electron chi connectivity index (χ4n) is 3.81. The molecule has 4 heterocycles. The molecule has 0 atom stereocenters. The second kappa shape index (κ2) is 6.75. The lowest BCUT2D eigenvalue weighted by Crippen LogP contribution is -2.34. The van der Waals surface area contributed by atoms with Gasteiger partial charge in [-0.2, -0.15) is 4.31 Å². The van der Waals surface area contributed by atoms with Crippen LogP contribution in [0.3, 0.4) is 0 Å². The Bertz CT molecular complexity index is 1270. The number of nitrogens with zero attached hydrogens (tertiary/aromatic N) is 4. The van der Waals surface area contributed by atoms with Gasteiger partial charge in [0.2, 0.25) is 10.0 Å². The highest BCUT2D eigenvalue weighted by molar-refractivity contribution is 7.88. The molecule has 0 unspecified atom stereocenters. The Morgan fingerprint density at radius 1 is 1.28 bits per heavy atom. The van der Waals surface area contributed by atoms with Crippen LogP contribution < -0.4 is 10.1 Å². The number of anilines is 2. The molecule has 1 N–H and O–H groups in total. The third-order valence-electron chi connectivity index (χ3n) is 5.28. The Morgan fingerprint density at radius 3 is 2.93 bits per heavy atom. The zero-order chi connectivity index (χ0) is 20.2. The predicted molar refractivity (Wildman–Crippen MR) is 114 cm³/mol. The second-order valence-electron chi connectivity index (χ2n) is 7.10. The van der Waals surface area contributed by atoms with Crippen molar-refractivity contribution in [2.45, 2.75) is 19.5 Å². The fraction of sp³-hybridized carbons (Fsp3) is 0.316. The molecule has 29 heavy (non-hydrogen) atoms. The van der Waals surface area contributed by atoms with Gasteiger partial charge in [-0.15, -0.1) is 11.3 Å². The lowest BCUT2D eigenvalue weighted by Gasteiger charge is -2.24. The third-order valence-corrected chi connectivity index (χ3v) is 7.65. The van der Waals surface area contributed by atoms with Gasteiger partial charge in [-0.25, -0.2) is 18.4 Å². The van der Waals surface area contributed by atoms with Crippen LogP contribution in [0.1, 0.15) is 21.6 Å². The van der Waals surface area contributed by atoms with E-state index in [1.54, 1.807) is 7.11 Å². The molecule has 0 saturated carbocycles. The number of benzene rings is 1. The van der Waals surface area contributed by atoms with Gasteiger partial charge in [0.1, 0.15) is 22.7 Å². The van der Waals surface area contributed by atoms with E-state index in [0.717, 1.165) is 43.2 Å². The summed E-state index contributed by atoms with van der Waals surface area (Å²) in [6.07, 6.45) is 5.28. The number of fused-ring (bicyclic) bond motifs is 4. The van der Waals surface area contributed by atoms with Crippen molar-refractivity contribution in [1.82, 2.24) is 14.3 Å².